The van der Waals surface area contributed by atoms with Crippen LogP contribution >= 0.6 is 0 Å². The quantitative estimate of drug-likeness (QED) is 0.763. The number of ether oxygens (including phenoxy) is 1. The van der Waals surface area contributed by atoms with Gasteiger partial charge in [0.15, 0.2) is 5.76 Å². The van der Waals surface area contributed by atoms with Crippen LogP contribution in [-0.2, 0) is 22.6 Å². The largest absolute Gasteiger partial charge is 0.481 e. The van der Waals surface area contributed by atoms with Crippen molar-refractivity contribution < 1.29 is 19.2 Å². The first kappa shape index (κ1) is 9.21. The van der Waals surface area contributed by atoms with Crippen LogP contribution in [0.15, 0.2) is 4.52 Å². The fourth-order valence-corrected chi connectivity index (χ4v) is 1.50. The van der Waals surface area contributed by atoms with Gasteiger partial charge in [-0.25, -0.2) is 0 Å². The molecule has 1 unspecified atom stereocenters. The number of fused-ring (bicyclic) bond motifs is 1. The lowest BCUT2D eigenvalue weighted by Crippen LogP contribution is -2.13. The molecule has 1 aliphatic heterocycles. The number of aromatic nitrogens is 1. The average molecular weight is 197 g/mol. The minimum absolute atomic E-state index is 0.409. The molecule has 0 fully saturated rings. The fraction of sp³-hybridized carbons (Fsp3) is 0.556. The Kier molecular flexibility index (Phi) is 2.25. The monoisotopic (exact) mass is 197 g/mol. The molecular weight excluding hydrogens is 186 g/mol. The summed E-state index contributed by atoms with van der Waals surface area (Å²) < 4.78 is 10.3. The van der Waals surface area contributed by atoms with Gasteiger partial charge in [0.2, 0.25) is 0 Å². The molecule has 0 aromatic carbocycles. The smallest absolute Gasteiger partial charge is 0.314 e. The van der Waals surface area contributed by atoms with Crippen molar-refractivity contribution in [1.29, 1.82) is 0 Å². The van der Waals surface area contributed by atoms with E-state index in [1.165, 1.54) is 0 Å². The van der Waals surface area contributed by atoms with Crippen molar-refractivity contribution in [1.82, 2.24) is 5.16 Å². The van der Waals surface area contributed by atoms with E-state index in [2.05, 4.69) is 5.16 Å². The Morgan fingerprint density at radius 2 is 2.43 bits per heavy atom. The van der Waals surface area contributed by atoms with E-state index in [9.17, 15) is 4.79 Å². The van der Waals surface area contributed by atoms with Crippen molar-refractivity contribution in [3.8, 4) is 0 Å². The van der Waals surface area contributed by atoms with Gasteiger partial charge in [0.05, 0.1) is 18.9 Å². The van der Waals surface area contributed by atoms with Crippen molar-refractivity contribution >= 4 is 5.97 Å². The first-order valence-corrected chi connectivity index (χ1v) is 4.48. The third kappa shape index (κ3) is 1.39. The molecule has 0 saturated heterocycles. The summed E-state index contributed by atoms with van der Waals surface area (Å²) in [5, 5.41) is 12.7. The van der Waals surface area contributed by atoms with Crippen LogP contribution in [0, 0.1) is 0 Å². The highest BCUT2D eigenvalue weighted by Crippen LogP contribution is 2.26. The molecule has 0 saturated carbocycles. The zero-order valence-corrected chi connectivity index (χ0v) is 7.82. The third-order valence-corrected chi connectivity index (χ3v) is 2.39. The molecule has 5 nitrogen and oxygen atoms in total. The molecule has 1 aromatic rings. The van der Waals surface area contributed by atoms with Crippen LogP contribution in [0.4, 0.5) is 0 Å². The zero-order chi connectivity index (χ0) is 10.1. The maximum Gasteiger partial charge on any atom is 0.314 e. The second-order valence-electron chi connectivity index (χ2n) is 3.33. The van der Waals surface area contributed by atoms with Gasteiger partial charge in [-0.3, -0.25) is 4.79 Å². The zero-order valence-electron chi connectivity index (χ0n) is 7.82. The Hall–Kier alpha value is -1.36. The maximum atomic E-state index is 10.8. The molecule has 1 aliphatic rings. The lowest BCUT2D eigenvalue weighted by Gasteiger charge is -2.11. The van der Waals surface area contributed by atoms with Gasteiger partial charge in [-0.1, -0.05) is 5.16 Å². The van der Waals surface area contributed by atoms with Gasteiger partial charge >= 0.3 is 5.97 Å². The predicted octanol–water partition coefficient (Wildman–Crippen LogP) is 0.935. The van der Waals surface area contributed by atoms with Crippen LogP contribution in [0.25, 0.3) is 0 Å². The maximum absolute atomic E-state index is 10.8. The summed E-state index contributed by atoms with van der Waals surface area (Å²) in [6.07, 6.45) is 0.700. The van der Waals surface area contributed by atoms with Crippen LogP contribution in [0.1, 0.15) is 29.9 Å². The Morgan fingerprint density at radius 1 is 1.64 bits per heavy atom. The molecular formula is C9H11NO4. The first-order valence-electron chi connectivity index (χ1n) is 4.48. The van der Waals surface area contributed by atoms with Gasteiger partial charge in [0.1, 0.15) is 5.92 Å². The highest BCUT2D eigenvalue weighted by molar-refractivity contribution is 5.75. The minimum atomic E-state index is -0.908. The van der Waals surface area contributed by atoms with Crippen molar-refractivity contribution in [2.45, 2.75) is 25.9 Å². The summed E-state index contributed by atoms with van der Waals surface area (Å²) in [5.74, 6) is -1.14. The number of aliphatic carboxylic acids is 1. The molecule has 0 spiro atoms. The minimum Gasteiger partial charge on any atom is -0.481 e. The number of carbonyl (C=O) groups is 1. The molecule has 0 amide bonds. The van der Waals surface area contributed by atoms with E-state index in [1.807, 2.05) is 0 Å². The number of hydrogen-bond acceptors (Lipinski definition) is 4. The van der Waals surface area contributed by atoms with Gasteiger partial charge in [-0.05, 0) is 6.92 Å². The molecule has 2 heterocycles. The molecule has 14 heavy (non-hydrogen) atoms. The number of hydrogen-bond donors (Lipinski definition) is 1. The van der Waals surface area contributed by atoms with Gasteiger partial charge in [-0.2, -0.15) is 0 Å². The average Bonchev–Trinajstić information content (AvgIpc) is 2.60. The Balaban J connectivity index is 2.34. The molecule has 0 aliphatic carbocycles. The van der Waals surface area contributed by atoms with E-state index in [1.54, 1.807) is 6.92 Å². The lowest BCUT2D eigenvalue weighted by molar-refractivity contribution is -0.138. The summed E-state index contributed by atoms with van der Waals surface area (Å²) in [6, 6.07) is 0. The number of carboxylic acids is 1. The normalized spacial score (nSPS) is 17.5. The summed E-state index contributed by atoms with van der Waals surface area (Å²) >= 11 is 0. The van der Waals surface area contributed by atoms with E-state index >= 15 is 0 Å². The first-order chi connectivity index (χ1) is 6.70. The third-order valence-electron chi connectivity index (χ3n) is 2.39. The number of nitrogens with zero attached hydrogens (tertiary/aromatic N) is 1. The topological polar surface area (TPSA) is 72.6 Å². The number of carboxylic acid groups (broad SMARTS) is 1. The van der Waals surface area contributed by atoms with Crippen LogP contribution in [0.2, 0.25) is 0 Å². The Labute approximate surface area is 80.6 Å². The van der Waals surface area contributed by atoms with E-state index in [0.717, 1.165) is 11.3 Å². The second kappa shape index (κ2) is 3.42. The van der Waals surface area contributed by atoms with Crippen molar-refractivity contribution in [3.63, 3.8) is 0 Å². The Bertz CT molecular complexity index is 358. The molecule has 5 heteroatoms. The molecule has 1 atom stereocenters. The summed E-state index contributed by atoms with van der Waals surface area (Å²) in [5.41, 5.74) is 1.64. The Morgan fingerprint density at radius 3 is 3.14 bits per heavy atom. The predicted molar refractivity (Wildman–Crippen MR) is 45.9 cm³/mol. The van der Waals surface area contributed by atoms with Crippen LogP contribution in [0.3, 0.4) is 0 Å². The second-order valence-corrected chi connectivity index (χ2v) is 3.33. The summed E-state index contributed by atoms with van der Waals surface area (Å²) in [7, 11) is 0. The summed E-state index contributed by atoms with van der Waals surface area (Å²) in [6.45, 7) is 2.62. The van der Waals surface area contributed by atoms with Gasteiger partial charge in [0.25, 0.3) is 0 Å². The van der Waals surface area contributed by atoms with E-state index < -0.39 is 11.9 Å². The molecule has 0 bridgehead atoms. The van der Waals surface area contributed by atoms with Crippen LogP contribution < -0.4 is 0 Å². The van der Waals surface area contributed by atoms with Crippen LogP contribution in [-0.4, -0.2) is 22.8 Å². The summed E-state index contributed by atoms with van der Waals surface area (Å²) in [4.78, 5) is 10.8. The van der Waals surface area contributed by atoms with Crippen molar-refractivity contribution in [2.75, 3.05) is 6.61 Å². The number of rotatable bonds is 2. The molecule has 76 valence electrons. The van der Waals surface area contributed by atoms with E-state index in [-0.39, 0.29) is 0 Å². The van der Waals surface area contributed by atoms with E-state index in [0.29, 0.717) is 25.4 Å². The fourth-order valence-electron chi connectivity index (χ4n) is 1.50. The van der Waals surface area contributed by atoms with Gasteiger partial charge < -0.3 is 14.4 Å². The van der Waals surface area contributed by atoms with Gasteiger partial charge in [0, 0.05) is 12.0 Å². The highest BCUT2D eigenvalue weighted by Gasteiger charge is 2.27. The molecule has 1 aromatic heterocycles. The SMILES string of the molecule is CC(C(=O)O)c1onc2c1COCC2. The van der Waals surface area contributed by atoms with Gasteiger partial charge in [-0.15, -0.1) is 0 Å². The highest BCUT2D eigenvalue weighted by atomic mass is 16.5. The molecule has 0 radical (unpaired) electrons. The lowest BCUT2D eigenvalue weighted by atomic mass is 10.0. The van der Waals surface area contributed by atoms with E-state index in [4.69, 9.17) is 14.4 Å². The van der Waals surface area contributed by atoms with Crippen molar-refractivity contribution in [2.24, 2.45) is 0 Å². The van der Waals surface area contributed by atoms with Crippen molar-refractivity contribution in [3.05, 3.63) is 17.0 Å². The standard InChI is InChI=1S/C9H11NO4/c1-5(9(11)12)8-6-4-13-3-2-7(6)10-14-8/h5H,2-4H2,1H3,(H,11,12). The molecule has 1 N–H and O–H groups in total. The van der Waals surface area contributed by atoms with Crippen LogP contribution in [0.5, 0.6) is 0 Å². The molecule has 2 rings (SSSR count).